The SMILES string of the molecule is COc1ccc(OC)c2c1CN(Cc1ncccc1C(=O)O)CC2O. The maximum atomic E-state index is 11.4. The number of aromatic nitrogens is 1. The molecule has 0 aliphatic carbocycles. The van der Waals surface area contributed by atoms with Gasteiger partial charge in [0.15, 0.2) is 0 Å². The quantitative estimate of drug-likeness (QED) is 0.855. The molecule has 2 aromatic rings. The van der Waals surface area contributed by atoms with E-state index in [0.717, 1.165) is 11.1 Å². The summed E-state index contributed by atoms with van der Waals surface area (Å²) in [5.74, 6) is 0.270. The minimum Gasteiger partial charge on any atom is -0.496 e. The summed E-state index contributed by atoms with van der Waals surface area (Å²) in [7, 11) is 3.14. The van der Waals surface area contributed by atoms with Crippen LogP contribution < -0.4 is 9.47 Å². The van der Waals surface area contributed by atoms with Crippen LogP contribution >= 0.6 is 0 Å². The van der Waals surface area contributed by atoms with E-state index in [1.807, 2.05) is 4.90 Å². The van der Waals surface area contributed by atoms with Gasteiger partial charge in [0, 0.05) is 37.0 Å². The Morgan fingerprint density at radius 3 is 2.68 bits per heavy atom. The van der Waals surface area contributed by atoms with Crippen LogP contribution in [0.3, 0.4) is 0 Å². The Hall–Kier alpha value is -2.64. The molecule has 0 fully saturated rings. The molecule has 1 unspecified atom stereocenters. The lowest BCUT2D eigenvalue weighted by atomic mass is 9.95. The third kappa shape index (κ3) is 3.29. The second kappa shape index (κ2) is 7.08. The van der Waals surface area contributed by atoms with E-state index in [1.165, 1.54) is 6.07 Å². The highest BCUT2D eigenvalue weighted by Gasteiger charge is 2.30. The minimum absolute atomic E-state index is 0.167. The number of carboxylic acids is 1. The number of carbonyl (C=O) groups is 1. The number of rotatable bonds is 5. The Bertz CT molecular complexity index is 793. The average molecular weight is 344 g/mol. The summed E-state index contributed by atoms with van der Waals surface area (Å²) in [5.41, 5.74) is 2.19. The molecule has 0 saturated carbocycles. The lowest BCUT2D eigenvalue weighted by Crippen LogP contribution is -2.34. The van der Waals surface area contributed by atoms with Crippen molar-refractivity contribution in [1.82, 2.24) is 9.88 Å². The molecule has 2 N–H and O–H groups in total. The maximum absolute atomic E-state index is 11.4. The van der Waals surface area contributed by atoms with Crippen LogP contribution in [0.15, 0.2) is 30.5 Å². The number of nitrogens with zero attached hydrogens (tertiary/aromatic N) is 2. The lowest BCUT2D eigenvalue weighted by molar-refractivity contribution is 0.0687. The topological polar surface area (TPSA) is 92.1 Å². The molecule has 0 amide bonds. The van der Waals surface area contributed by atoms with Crippen LogP contribution in [0.4, 0.5) is 0 Å². The zero-order chi connectivity index (χ0) is 18.0. The van der Waals surface area contributed by atoms with E-state index in [0.29, 0.717) is 36.8 Å². The molecule has 0 bridgehead atoms. The highest BCUT2D eigenvalue weighted by molar-refractivity contribution is 5.88. The van der Waals surface area contributed by atoms with Crippen molar-refractivity contribution < 1.29 is 24.5 Å². The number of hydrogen-bond donors (Lipinski definition) is 2. The first-order chi connectivity index (χ1) is 12.0. The van der Waals surface area contributed by atoms with E-state index in [9.17, 15) is 15.0 Å². The molecule has 1 atom stereocenters. The summed E-state index contributed by atoms with van der Waals surface area (Å²) in [6, 6.07) is 6.71. The van der Waals surface area contributed by atoms with Crippen LogP contribution in [-0.4, -0.2) is 46.8 Å². The Balaban J connectivity index is 1.93. The molecule has 0 saturated heterocycles. The average Bonchev–Trinajstić information content (AvgIpc) is 2.61. The number of carboxylic acid groups (broad SMARTS) is 1. The highest BCUT2D eigenvalue weighted by atomic mass is 16.5. The molecule has 1 aromatic carbocycles. The number of aliphatic hydroxyl groups excluding tert-OH is 1. The van der Waals surface area contributed by atoms with E-state index in [-0.39, 0.29) is 5.56 Å². The lowest BCUT2D eigenvalue weighted by Gasteiger charge is -2.33. The zero-order valence-electron chi connectivity index (χ0n) is 14.1. The zero-order valence-corrected chi connectivity index (χ0v) is 14.1. The predicted molar refractivity (Wildman–Crippen MR) is 89.8 cm³/mol. The summed E-state index contributed by atoms with van der Waals surface area (Å²) in [6.45, 7) is 1.17. The molecule has 7 heteroatoms. The second-order valence-corrected chi connectivity index (χ2v) is 5.85. The molecule has 132 valence electrons. The molecule has 3 rings (SSSR count). The predicted octanol–water partition coefficient (Wildman–Crippen LogP) is 1.85. The highest BCUT2D eigenvalue weighted by Crippen LogP contribution is 2.39. The first-order valence-corrected chi connectivity index (χ1v) is 7.86. The van der Waals surface area contributed by atoms with Gasteiger partial charge in [0.1, 0.15) is 11.5 Å². The first-order valence-electron chi connectivity index (χ1n) is 7.86. The van der Waals surface area contributed by atoms with Gasteiger partial charge in [0.05, 0.1) is 31.6 Å². The van der Waals surface area contributed by atoms with E-state index in [1.54, 1.807) is 38.6 Å². The third-order valence-corrected chi connectivity index (χ3v) is 4.35. The van der Waals surface area contributed by atoms with Crippen LogP contribution in [0, 0.1) is 0 Å². The number of fused-ring (bicyclic) bond motifs is 1. The van der Waals surface area contributed by atoms with Crippen molar-refractivity contribution in [2.45, 2.75) is 19.2 Å². The number of β-amino-alcohol motifs (C(OH)–C–C–N with tert-alkyl or cyclic N) is 1. The van der Waals surface area contributed by atoms with Gasteiger partial charge in [-0.1, -0.05) is 0 Å². The van der Waals surface area contributed by atoms with Gasteiger partial charge in [-0.15, -0.1) is 0 Å². The van der Waals surface area contributed by atoms with Crippen molar-refractivity contribution in [3.63, 3.8) is 0 Å². The van der Waals surface area contributed by atoms with Crippen LogP contribution in [-0.2, 0) is 13.1 Å². The van der Waals surface area contributed by atoms with Crippen LogP contribution in [0.25, 0.3) is 0 Å². The van der Waals surface area contributed by atoms with E-state index in [2.05, 4.69) is 4.98 Å². The molecule has 0 radical (unpaired) electrons. The fourth-order valence-corrected chi connectivity index (χ4v) is 3.24. The fourth-order valence-electron chi connectivity index (χ4n) is 3.24. The normalized spacial score (nSPS) is 17.0. The first kappa shape index (κ1) is 17.2. The number of benzene rings is 1. The largest absolute Gasteiger partial charge is 0.496 e. The molecule has 25 heavy (non-hydrogen) atoms. The molecule has 1 aliphatic rings. The van der Waals surface area contributed by atoms with Gasteiger partial charge in [-0.3, -0.25) is 9.88 Å². The van der Waals surface area contributed by atoms with Gasteiger partial charge in [-0.05, 0) is 24.3 Å². The van der Waals surface area contributed by atoms with Crippen molar-refractivity contribution in [2.24, 2.45) is 0 Å². The van der Waals surface area contributed by atoms with Gasteiger partial charge in [-0.2, -0.15) is 0 Å². The standard InChI is InChI=1S/C18H20N2O5/c1-24-15-5-6-16(25-2)17-12(15)8-20(10-14(17)21)9-13-11(18(22)23)4-3-7-19-13/h3-7,14,21H,8-10H2,1-2H3,(H,22,23). The molecule has 0 spiro atoms. The van der Waals surface area contributed by atoms with Gasteiger partial charge < -0.3 is 19.7 Å². The number of methoxy groups -OCH3 is 2. The summed E-state index contributed by atoms with van der Waals surface area (Å²) >= 11 is 0. The number of pyridine rings is 1. The van der Waals surface area contributed by atoms with Crippen LogP contribution in [0.5, 0.6) is 11.5 Å². The van der Waals surface area contributed by atoms with E-state index >= 15 is 0 Å². The monoisotopic (exact) mass is 344 g/mol. The molecule has 7 nitrogen and oxygen atoms in total. The van der Waals surface area contributed by atoms with Crippen LogP contribution in [0.1, 0.15) is 33.3 Å². The van der Waals surface area contributed by atoms with Crippen LogP contribution in [0.2, 0.25) is 0 Å². The van der Waals surface area contributed by atoms with E-state index < -0.39 is 12.1 Å². The molecule has 1 aromatic heterocycles. The molecular weight excluding hydrogens is 324 g/mol. The van der Waals surface area contributed by atoms with Gasteiger partial charge in [0.25, 0.3) is 0 Å². The molecular formula is C18H20N2O5. The van der Waals surface area contributed by atoms with Crippen molar-refractivity contribution >= 4 is 5.97 Å². The smallest absolute Gasteiger partial charge is 0.337 e. The third-order valence-electron chi connectivity index (χ3n) is 4.35. The molecule has 2 heterocycles. The number of ether oxygens (including phenoxy) is 2. The molecule has 1 aliphatic heterocycles. The fraction of sp³-hybridized carbons (Fsp3) is 0.333. The second-order valence-electron chi connectivity index (χ2n) is 5.85. The van der Waals surface area contributed by atoms with Gasteiger partial charge >= 0.3 is 5.97 Å². The summed E-state index contributed by atoms with van der Waals surface area (Å²) < 4.78 is 10.8. The Kier molecular flexibility index (Phi) is 4.87. The van der Waals surface area contributed by atoms with Crippen molar-refractivity contribution in [3.05, 3.63) is 52.8 Å². The van der Waals surface area contributed by atoms with E-state index in [4.69, 9.17) is 9.47 Å². The Labute approximate surface area is 145 Å². The number of aliphatic hydroxyl groups is 1. The maximum Gasteiger partial charge on any atom is 0.337 e. The van der Waals surface area contributed by atoms with Gasteiger partial charge in [-0.25, -0.2) is 4.79 Å². The summed E-state index contributed by atoms with van der Waals surface area (Å²) in [4.78, 5) is 17.5. The summed E-state index contributed by atoms with van der Waals surface area (Å²) in [6.07, 6.45) is 0.811. The van der Waals surface area contributed by atoms with Gasteiger partial charge in [0.2, 0.25) is 0 Å². The minimum atomic E-state index is -1.01. The van der Waals surface area contributed by atoms with Crippen molar-refractivity contribution in [2.75, 3.05) is 20.8 Å². The number of hydrogen-bond acceptors (Lipinski definition) is 6. The summed E-state index contributed by atoms with van der Waals surface area (Å²) in [5, 5.41) is 19.9. The Morgan fingerprint density at radius 1 is 1.28 bits per heavy atom. The number of aromatic carboxylic acids is 1. The van der Waals surface area contributed by atoms with Crippen molar-refractivity contribution in [1.29, 1.82) is 0 Å². The Morgan fingerprint density at radius 2 is 2.00 bits per heavy atom. The van der Waals surface area contributed by atoms with Crippen molar-refractivity contribution in [3.8, 4) is 11.5 Å².